The van der Waals surface area contributed by atoms with Crippen molar-refractivity contribution in [3.8, 4) is 0 Å². The van der Waals surface area contributed by atoms with E-state index in [2.05, 4.69) is 10.4 Å². The van der Waals surface area contributed by atoms with Crippen molar-refractivity contribution in [3.63, 3.8) is 0 Å². The summed E-state index contributed by atoms with van der Waals surface area (Å²) < 4.78 is 0. The second-order valence-corrected chi connectivity index (χ2v) is 2.49. The minimum absolute atomic E-state index is 0.156. The lowest BCUT2D eigenvalue weighted by Crippen LogP contribution is -2.31. The van der Waals surface area contributed by atoms with Crippen molar-refractivity contribution < 1.29 is 4.79 Å². The molecule has 0 fully saturated rings. The topological polar surface area (TPSA) is 41.1 Å². The number of carbonyl (C=O) groups is 1. The first-order chi connectivity index (χ1) is 5.83. The third-order valence-electron chi connectivity index (χ3n) is 1.39. The van der Waals surface area contributed by atoms with Crippen molar-refractivity contribution >= 4 is 17.7 Å². The molecule has 0 aromatic heterocycles. The number of hydrogen-bond acceptors (Lipinski definition) is 2. The van der Waals surface area contributed by atoms with Gasteiger partial charge in [0, 0.05) is 0 Å². The van der Waals surface area contributed by atoms with E-state index in [0.717, 1.165) is 5.56 Å². The summed E-state index contributed by atoms with van der Waals surface area (Å²) in [6, 6.07) is 9.44. The van der Waals surface area contributed by atoms with Gasteiger partial charge in [-0.25, -0.2) is 0 Å². The van der Waals surface area contributed by atoms with Crippen LogP contribution in [0.4, 0.5) is 0 Å². The lowest BCUT2D eigenvalue weighted by atomic mass is 10.1. The van der Waals surface area contributed by atoms with E-state index in [-0.39, 0.29) is 5.91 Å². The van der Waals surface area contributed by atoms with Crippen LogP contribution in [0.2, 0.25) is 0 Å². The molecule has 1 aromatic rings. The average Bonchev–Trinajstić information content (AvgIpc) is 2.06. The highest BCUT2D eigenvalue weighted by molar-refractivity contribution is 6.13. The number of nitrogens with one attached hydrogen (secondary N) is 2. The standard InChI is InChI=1S/C8H9ClN2O/c9-11-10-8(12)6-7-4-2-1-3-5-7/h1-5,11H,6H2,(H,10,12). The maximum atomic E-state index is 11.0. The SMILES string of the molecule is O=C(Cc1ccccc1)NNCl. The Morgan fingerprint density at radius 1 is 1.33 bits per heavy atom. The molecule has 0 unspecified atom stereocenters. The summed E-state index contributed by atoms with van der Waals surface area (Å²) in [6.07, 6.45) is 0.334. The van der Waals surface area contributed by atoms with Crippen LogP contribution in [-0.4, -0.2) is 5.91 Å². The Morgan fingerprint density at radius 2 is 2.00 bits per heavy atom. The molecule has 0 saturated carbocycles. The molecule has 1 amide bonds. The zero-order valence-corrected chi connectivity index (χ0v) is 7.14. The number of rotatable bonds is 3. The molecule has 3 nitrogen and oxygen atoms in total. The molecule has 1 rings (SSSR count). The summed E-state index contributed by atoms with van der Waals surface area (Å²) in [5, 5.41) is 0. The van der Waals surface area contributed by atoms with E-state index in [0.29, 0.717) is 6.42 Å². The first kappa shape index (κ1) is 9.03. The van der Waals surface area contributed by atoms with Crippen LogP contribution in [0.15, 0.2) is 30.3 Å². The minimum atomic E-state index is -0.156. The van der Waals surface area contributed by atoms with Crippen LogP contribution in [0.25, 0.3) is 0 Å². The first-order valence-corrected chi connectivity index (χ1v) is 3.89. The van der Waals surface area contributed by atoms with Gasteiger partial charge in [-0.2, -0.15) is 0 Å². The van der Waals surface area contributed by atoms with Gasteiger partial charge in [0.05, 0.1) is 6.42 Å². The molecular weight excluding hydrogens is 176 g/mol. The molecular formula is C8H9ClN2O. The fraction of sp³-hybridized carbons (Fsp3) is 0.125. The molecule has 0 heterocycles. The first-order valence-electron chi connectivity index (χ1n) is 3.51. The van der Waals surface area contributed by atoms with Crippen molar-refractivity contribution in [2.24, 2.45) is 0 Å². The monoisotopic (exact) mass is 184 g/mol. The van der Waals surface area contributed by atoms with Crippen LogP contribution in [0, 0.1) is 0 Å². The van der Waals surface area contributed by atoms with Crippen molar-refractivity contribution in [2.75, 3.05) is 0 Å². The molecule has 0 aliphatic rings. The van der Waals surface area contributed by atoms with Gasteiger partial charge in [0.25, 0.3) is 0 Å². The predicted molar refractivity (Wildman–Crippen MR) is 47.3 cm³/mol. The molecule has 0 atom stereocenters. The zero-order valence-electron chi connectivity index (χ0n) is 6.38. The number of amides is 1. The van der Waals surface area contributed by atoms with Crippen LogP contribution < -0.4 is 10.4 Å². The Labute approximate surface area is 75.8 Å². The fourth-order valence-corrected chi connectivity index (χ4v) is 0.984. The van der Waals surface area contributed by atoms with Gasteiger partial charge in [-0.15, -0.1) is 4.94 Å². The number of halogens is 1. The highest BCUT2D eigenvalue weighted by Crippen LogP contribution is 1.98. The third-order valence-corrected chi connectivity index (χ3v) is 1.49. The third kappa shape index (κ3) is 2.90. The maximum absolute atomic E-state index is 11.0. The van der Waals surface area contributed by atoms with Gasteiger partial charge < -0.3 is 0 Å². The largest absolute Gasteiger partial charge is 0.277 e. The summed E-state index contributed by atoms with van der Waals surface area (Å²) in [7, 11) is 0. The molecule has 12 heavy (non-hydrogen) atoms. The summed E-state index contributed by atoms with van der Waals surface area (Å²) in [6.45, 7) is 0. The number of hydrazine groups is 1. The Hall–Kier alpha value is -1.06. The van der Waals surface area contributed by atoms with E-state index in [4.69, 9.17) is 11.8 Å². The quantitative estimate of drug-likeness (QED) is 0.544. The predicted octanol–water partition coefficient (Wildman–Crippen LogP) is 1.00. The fourth-order valence-electron chi connectivity index (χ4n) is 0.878. The van der Waals surface area contributed by atoms with Crippen molar-refractivity contribution in [3.05, 3.63) is 35.9 Å². The second kappa shape index (κ2) is 4.74. The van der Waals surface area contributed by atoms with Gasteiger partial charge in [0.1, 0.15) is 0 Å². The van der Waals surface area contributed by atoms with Crippen LogP contribution in [0.3, 0.4) is 0 Å². The molecule has 0 radical (unpaired) electrons. The molecule has 2 N–H and O–H groups in total. The highest BCUT2D eigenvalue weighted by atomic mass is 35.5. The summed E-state index contributed by atoms with van der Waals surface area (Å²) in [5.41, 5.74) is 3.23. The smallest absolute Gasteiger partial charge is 0.239 e. The molecule has 0 spiro atoms. The summed E-state index contributed by atoms with van der Waals surface area (Å²) in [5.74, 6) is -0.156. The van der Waals surface area contributed by atoms with Gasteiger partial charge >= 0.3 is 0 Å². The number of carbonyl (C=O) groups excluding carboxylic acids is 1. The average molecular weight is 185 g/mol. The van der Waals surface area contributed by atoms with E-state index in [1.165, 1.54) is 0 Å². The van der Waals surface area contributed by atoms with E-state index in [1.54, 1.807) is 0 Å². The normalized spacial score (nSPS) is 9.42. The maximum Gasteiger partial charge on any atom is 0.239 e. The lowest BCUT2D eigenvalue weighted by Gasteiger charge is -2.00. The second-order valence-electron chi connectivity index (χ2n) is 2.31. The van der Waals surface area contributed by atoms with Crippen LogP contribution in [-0.2, 0) is 11.2 Å². The minimum Gasteiger partial charge on any atom is -0.277 e. The summed E-state index contributed by atoms with van der Waals surface area (Å²) in [4.78, 5) is 13.0. The van der Waals surface area contributed by atoms with Crippen molar-refractivity contribution in [1.82, 2.24) is 10.4 Å². The number of benzene rings is 1. The van der Waals surface area contributed by atoms with Gasteiger partial charge in [0.2, 0.25) is 5.91 Å². The van der Waals surface area contributed by atoms with Crippen LogP contribution in [0.5, 0.6) is 0 Å². The van der Waals surface area contributed by atoms with Crippen LogP contribution >= 0.6 is 11.8 Å². The van der Waals surface area contributed by atoms with E-state index in [9.17, 15) is 4.79 Å². The zero-order chi connectivity index (χ0) is 8.81. The molecule has 0 aliphatic carbocycles. The van der Waals surface area contributed by atoms with E-state index < -0.39 is 0 Å². The van der Waals surface area contributed by atoms with Gasteiger partial charge in [-0.3, -0.25) is 10.2 Å². The molecule has 0 saturated heterocycles. The van der Waals surface area contributed by atoms with Gasteiger partial charge in [0.15, 0.2) is 0 Å². The Balaban J connectivity index is 2.47. The molecule has 0 aliphatic heterocycles. The number of hydrogen-bond donors (Lipinski definition) is 2. The summed E-state index contributed by atoms with van der Waals surface area (Å²) >= 11 is 5.08. The highest BCUT2D eigenvalue weighted by Gasteiger charge is 1.99. The molecule has 0 bridgehead atoms. The van der Waals surface area contributed by atoms with Gasteiger partial charge in [-0.05, 0) is 17.3 Å². The lowest BCUT2D eigenvalue weighted by molar-refractivity contribution is -0.120. The van der Waals surface area contributed by atoms with Crippen molar-refractivity contribution in [2.45, 2.75) is 6.42 Å². The Bertz CT molecular complexity index is 250. The van der Waals surface area contributed by atoms with E-state index in [1.807, 2.05) is 30.3 Å². The van der Waals surface area contributed by atoms with E-state index >= 15 is 0 Å². The Kier molecular flexibility index (Phi) is 3.57. The van der Waals surface area contributed by atoms with Gasteiger partial charge in [-0.1, -0.05) is 30.3 Å². The van der Waals surface area contributed by atoms with Crippen molar-refractivity contribution in [1.29, 1.82) is 0 Å². The van der Waals surface area contributed by atoms with Crippen LogP contribution in [0.1, 0.15) is 5.56 Å². The molecule has 1 aromatic carbocycles. The Morgan fingerprint density at radius 3 is 2.58 bits per heavy atom. The molecule has 64 valence electrons. The molecule has 4 heteroatoms.